The van der Waals surface area contributed by atoms with Crippen LogP contribution in [0, 0.1) is 21.3 Å². The number of imidazole rings is 3. The van der Waals surface area contributed by atoms with Gasteiger partial charge in [-0.15, -0.1) is 0 Å². The summed E-state index contributed by atoms with van der Waals surface area (Å²) < 4.78 is 20.6. The third kappa shape index (κ3) is 17.3. The number of pyridine rings is 4. The molecule has 0 atom stereocenters. The molecule has 0 unspecified atom stereocenters. The normalized spacial score (nSPS) is 9.52. The molecule has 11 rings (SSSR count). The second-order valence-corrected chi connectivity index (χ2v) is 14.8. The molecule has 20 heteroatoms. The van der Waals surface area contributed by atoms with Crippen LogP contribution in [-0.2, 0) is 7.67 Å². The number of benzene rings is 4. The number of nitrogens with zero attached hydrogens (tertiary/aromatic N) is 10. The number of aldehydes is 1. The summed E-state index contributed by atoms with van der Waals surface area (Å²) in [4.78, 5) is 43.3. The second kappa shape index (κ2) is 31.2. The van der Waals surface area contributed by atoms with Crippen molar-refractivity contribution in [3.05, 3.63) is 217 Å². The van der Waals surface area contributed by atoms with Gasteiger partial charge in [-0.3, -0.25) is 13.9 Å². The van der Waals surface area contributed by atoms with Crippen LogP contribution in [0.15, 0.2) is 177 Å². The van der Waals surface area contributed by atoms with Gasteiger partial charge in [0.25, 0.3) is 0 Å². The number of hydrogen-bond acceptors (Lipinski definition) is 10. The zero-order valence-corrected chi connectivity index (χ0v) is 45.8. The average molecular weight is 1080 g/mol. The molecule has 340 valence electrons. The van der Waals surface area contributed by atoms with Crippen LogP contribution < -0.4 is 46.9 Å². The molecule has 0 aliphatic carbocycles. The van der Waals surface area contributed by atoms with Crippen molar-refractivity contribution in [1.82, 2.24) is 49.0 Å². The van der Waals surface area contributed by atoms with Gasteiger partial charge in [0.2, 0.25) is 0 Å². The van der Waals surface area contributed by atoms with Crippen LogP contribution in [0.5, 0.6) is 0 Å². The molecule has 0 amide bonds. The summed E-state index contributed by atoms with van der Waals surface area (Å²) in [5, 5.41) is 9.98. The standard InChI is InChI=1S/C13H9N3O.C13H11N3.C10H8ClN.C9H5Cl2N.C3H3N2.CH3.ClH.Mg.Na.O2Se/c17-8-12-11-4-2-1-3-10(11)7-13(15-12)16-6-5-14-9-16;1-10-12-5-3-2-4-11(12)8-13(15-10)16-7-6-14-9-16;1-7-9-5-3-2-4-8(9)6-10(11)12-7;10-8-5-6-3-1-2-4-7(6)9(11)12-8;1-2-5-3-4-1;;;;;1-3-2/h1-9H;2-9H,1H3;2-6H,1H3;1-5H;1-3H;1H3;1H;;;/q;;;;2*-1;;+2;+1;/p-1. The summed E-state index contributed by atoms with van der Waals surface area (Å²) in [6.45, 7) is 4.00. The van der Waals surface area contributed by atoms with E-state index in [-0.39, 0.29) is 72.4 Å². The Hall–Kier alpha value is -5.13. The number of halogens is 4. The van der Waals surface area contributed by atoms with Gasteiger partial charge in [0, 0.05) is 57.7 Å². The van der Waals surface area contributed by atoms with E-state index >= 15 is 0 Å². The van der Waals surface area contributed by atoms with E-state index in [0.717, 1.165) is 50.4 Å². The van der Waals surface area contributed by atoms with Crippen molar-refractivity contribution < 1.29 is 54.4 Å². The van der Waals surface area contributed by atoms with Crippen LogP contribution in [0.2, 0.25) is 15.5 Å². The molecule has 4 aromatic carbocycles. The fourth-order valence-corrected chi connectivity index (χ4v) is 7.11. The minimum atomic E-state index is -1.62. The van der Waals surface area contributed by atoms with Crippen molar-refractivity contribution in [2.75, 3.05) is 0 Å². The number of aromatic nitrogens is 10. The smallest absolute Gasteiger partial charge is 1.00 e. The first-order chi connectivity index (χ1) is 31.7. The first-order valence-electron chi connectivity index (χ1n) is 19.4. The van der Waals surface area contributed by atoms with Crippen LogP contribution >= 0.6 is 34.8 Å². The van der Waals surface area contributed by atoms with E-state index in [0.29, 0.717) is 27.0 Å². The molecule has 7 heterocycles. The molecule has 0 saturated heterocycles. The van der Waals surface area contributed by atoms with Crippen molar-refractivity contribution in [3.63, 3.8) is 0 Å². The molecular formula is C49H39Cl4MgN10NaO3Se. The van der Waals surface area contributed by atoms with Crippen LogP contribution in [0.3, 0.4) is 0 Å². The summed E-state index contributed by atoms with van der Waals surface area (Å²) in [5.74, 6) is 1.61. The van der Waals surface area contributed by atoms with Crippen molar-refractivity contribution in [1.29, 1.82) is 0 Å². The summed E-state index contributed by atoms with van der Waals surface area (Å²) in [6.07, 6.45) is 16.1. The van der Waals surface area contributed by atoms with Gasteiger partial charge >= 0.3 is 75.1 Å². The number of aryl methyl sites for hydroxylation is 2. The van der Waals surface area contributed by atoms with Crippen LogP contribution in [-0.4, -0.2) is 88.2 Å². The van der Waals surface area contributed by atoms with E-state index in [4.69, 9.17) is 42.5 Å². The van der Waals surface area contributed by atoms with E-state index in [1.807, 2.05) is 122 Å². The molecule has 0 N–H and O–H groups in total. The van der Waals surface area contributed by atoms with Gasteiger partial charge in [0.1, 0.15) is 45.4 Å². The van der Waals surface area contributed by atoms with Crippen molar-refractivity contribution in [2.45, 2.75) is 13.8 Å². The quantitative estimate of drug-likeness (QED) is 0.0989. The SMILES string of the molecule is Cc1nc(-n2ccnc2)cc2ccccc12.Cc1nc(Cl)cc2ccccc12.Clc1cc2ccccc2c(Cl)n1.O=Cc1nc(-n2ccnc2)cc2ccccc12.O=[Se]=O.[CH3-].[Cl-].[Mg+2].[Na+].c1c[n-]cn1. The van der Waals surface area contributed by atoms with Crippen LogP contribution in [0.25, 0.3) is 54.7 Å². The number of hydrogen-bond donors (Lipinski definition) is 0. The monoisotopic (exact) mass is 1080 g/mol. The molecule has 0 aliphatic rings. The van der Waals surface area contributed by atoms with Crippen LogP contribution in [0.4, 0.5) is 0 Å². The summed E-state index contributed by atoms with van der Waals surface area (Å²) in [7, 11) is 0. The molecule has 13 nitrogen and oxygen atoms in total. The molecule has 11 aromatic rings. The summed E-state index contributed by atoms with van der Waals surface area (Å²) in [6, 6.07) is 39.5. The van der Waals surface area contributed by atoms with Crippen molar-refractivity contribution in [3.8, 4) is 11.6 Å². The Labute approximate surface area is 464 Å². The van der Waals surface area contributed by atoms with Gasteiger partial charge in [-0.25, -0.2) is 29.9 Å². The molecule has 0 spiro atoms. The van der Waals surface area contributed by atoms with E-state index in [2.05, 4.69) is 58.1 Å². The first-order valence-corrected chi connectivity index (χ1v) is 21.9. The predicted molar refractivity (Wildman–Crippen MR) is 268 cm³/mol. The topological polar surface area (TPSA) is 165 Å². The van der Waals surface area contributed by atoms with Gasteiger partial charge in [-0.2, -0.15) is 0 Å². The molecule has 0 aliphatic heterocycles. The molecule has 0 bridgehead atoms. The zero-order valence-electron chi connectivity index (χ0n) is 37.6. The maximum atomic E-state index is 11.1. The van der Waals surface area contributed by atoms with Gasteiger partial charge in [0.05, 0.1) is 0 Å². The Bertz CT molecular complexity index is 3210. The minimum Gasteiger partial charge on any atom is -1.00 e. The fourth-order valence-electron chi connectivity index (χ4n) is 6.36. The number of carbonyl (C=O) groups excluding carboxylic acids is 1. The second-order valence-electron chi connectivity index (χ2n) is 13.4. The van der Waals surface area contributed by atoms with Crippen molar-refractivity contribution in [2.24, 2.45) is 0 Å². The first kappa shape index (κ1) is 60.0. The number of rotatable bonds is 3. The maximum Gasteiger partial charge on any atom is 2.00 e. The third-order valence-electron chi connectivity index (χ3n) is 9.26. The van der Waals surface area contributed by atoms with Gasteiger partial charge in [-0.1, -0.05) is 151 Å². The Kier molecular flexibility index (Phi) is 27.1. The van der Waals surface area contributed by atoms with E-state index in [1.54, 1.807) is 54.3 Å². The molecule has 0 saturated carbocycles. The molecule has 7 aromatic heterocycles. The Morgan fingerprint density at radius 3 is 1.43 bits per heavy atom. The Balaban J connectivity index is 0.000000296. The molecular weight excluding hydrogens is 1040 g/mol. The predicted octanol–water partition coefficient (Wildman–Crippen LogP) is 5.20. The number of carbonyl (C=O) groups is 1. The largest absolute Gasteiger partial charge is 2.00 e. The average Bonchev–Trinajstić information content (AvgIpc) is 4.17. The van der Waals surface area contributed by atoms with E-state index in [9.17, 15) is 4.79 Å². The summed E-state index contributed by atoms with van der Waals surface area (Å²) >= 11 is 15.8. The van der Waals surface area contributed by atoms with Gasteiger partial charge in [-0.05, 0) is 59.7 Å². The van der Waals surface area contributed by atoms with Gasteiger partial charge < -0.3 is 29.8 Å². The third-order valence-corrected chi connectivity index (χ3v) is 9.93. The Morgan fingerprint density at radius 2 is 0.986 bits per heavy atom. The van der Waals surface area contributed by atoms with Gasteiger partial charge in [0.15, 0.2) is 6.29 Å². The molecule has 0 fully saturated rings. The number of fused-ring (bicyclic) bond motifs is 4. The maximum absolute atomic E-state index is 11.1. The summed E-state index contributed by atoms with van der Waals surface area (Å²) in [5.41, 5.74) is 2.48. The van der Waals surface area contributed by atoms with Crippen molar-refractivity contribution >= 4 is 122 Å². The van der Waals surface area contributed by atoms with E-state index in [1.165, 1.54) is 22.5 Å². The molecule has 69 heavy (non-hydrogen) atoms. The Morgan fingerprint density at radius 1 is 0.565 bits per heavy atom. The minimum absolute atomic E-state index is 0. The van der Waals surface area contributed by atoms with Crippen LogP contribution in [0.1, 0.15) is 21.9 Å². The molecule has 0 radical (unpaired) electrons. The fraction of sp³-hybridized carbons (Fsp3) is 0.0408. The zero-order chi connectivity index (χ0) is 46.0. The van der Waals surface area contributed by atoms with E-state index < -0.39 is 14.8 Å².